The van der Waals surface area contributed by atoms with Gasteiger partial charge in [0, 0.05) is 21.8 Å². The summed E-state index contributed by atoms with van der Waals surface area (Å²) in [5, 5.41) is 7.53. The summed E-state index contributed by atoms with van der Waals surface area (Å²) in [6.45, 7) is 1.94. The number of carbonyl (C=O) groups excluding carboxylic acids is 1. The number of hydrogen-bond acceptors (Lipinski definition) is 3. The summed E-state index contributed by atoms with van der Waals surface area (Å²) in [5.41, 5.74) is 0. The lowest BCUT2D eigenvalue weighted by atomic mass is 10.1. The van der Waals surface area contributed by atoms with Crippen LogP contribution >= 0.6 is 27.3 Å². The van der Waals surface area contributed by atoms with E-state index in [0.717, 1.165) is 45.4 Å². The molecule has 19 heavy (non-hydrogen) atoms. The van der Waals surface area contributed by atoms with Crippen LogP contribution in [0.5, 0.6) is 0 Å². The van der Waals surface area contributed by atoms with Crippen LogP contribution in [0, 0.1) is 0 Å². The highest BCUT2D eigenvalue weighted by Crippen LogP contribution is 2.28. The fraction of sp³-hybridized carbons (Fsp3) is 0.357. The molecule has 5 heteroatoms. The van der Waals surface area contributed by atoms with Gasteiger partial charge < -0.3 is 10.6 Å². The molecule has 1 aliphatic heterocycles. The summed E-state index contributed by atoms with van der Waals surface area (Å²) in [5.74, 6) is 0.0472. The monoisotopic (exact) mass is 338 g/mol. The van der Waals surface area contributed by atoms with Crippen molar-refractivity contribution in [3.8, 4) is 0 Å². The van der Waals surface area contributed by atoms with E-state index in [9.17, 15) is 4.79 Å². The quantitative estimate of drug-likeness (QED) is 0.883. The Bertz CT molecular complexity index is 605. The number of hydrogen-bond donors (Lipinski definition) is 2. The minimum atomic E-state index is 0.0472. The predicted molar refractivity (Wildman–Crippen MR) is 82.9 cm³/mol. The lowest BCUT2D eigenvalue weighted by molar-refractivity contribution is 0.0935. The highest BCUT2D eigenvalue weighted by atomic mass is 79.9. The highest BCUT2D eigenvalue weighted by Gasteiger charge is 2.17. The molecule has 100 valence electrons. The van der Waals surface area contributed by atoms with Gasteiger partial charge in [-0.1, -0.05) is 15.9 Å². The number of benzene rings is 1. The number of halogens is 1. The zero-order valence-electron chi connectivity index (χ0n) is 10.4. The summed E-state index contributed by atoms with van der Waals surface area (Å²) < 4.78 is 2.19. The molecule has 2 N–H and O–H groups in total. The van der Waals surface area contributed by atoms with Gasteiger partial charge in [0.15, 0.2) is 0 Å². The summed E-state index contributed by atoms with van der Waals surface area (Å²) >= 11 is 5.00. The Labute approximate surface area is 124 Å². The molecule has 0 saturated carbocycles. The zero-order valence-corrected chi connectivity index (χ0v) is 12.8. The van der Waals surface area contributed by atoms with Crippen LogP contribution in [0.1, 0.15) is 22.5 Å². The van der Waals surface area contributed by atoms with Crippen LogP contribution < -0.4 is 10.6 Å². The third kappa shape index (κ3) is 2.99. The van der Waals surface area contributed by atoms with Gasteiger partial charge in [-0.2, -0.15) is 0 Å². The van der Waals surface area contributed by atoms with Crippen molar-refractivity contribution in [2.45, 2.75) is 18.9 Å². The smallest absolute Gasteiger partial charge is 0.261 e. The minimum absolute atomic E-state index is 0.0472. The van der Waals surface area contributed by atoms with Crippen molar-refractivity contribution in [2.75, 3.05) is 13.1 Å². The molecule has 1 aromatic carbocycles. The predicted octanol–water partition coefficient (Wildman–Crippen LogP) is 3.15. The van der Waals surface area contributed by atoms with Crippen molar-refractivity contribution in [3.05, 3.63) is 33.6 Å². The molecular formula is C14H15BrN2OS. The molecule has 1 fully saturated rings. The molecule has 1 atom stereocenters. The van der Waals surface area contributed by atoms with Crippen molar-refractivity contribution in [1.82, 2.24) is 10.6 Å². The Morgan fingerprint density at radius 3 is 3.11 bits per heavy atom. The molecular weight excluding hydrogens is 324 g/mol. The normalized spacial score (nSPS) is 19.5. The fourth-order valence-corrected chi connectivity index (χ4v) is 3.68. The highest BCUT2D eigenvalue weighted by molar-refractivity contribution is 9.10. The Balaban J connectivity index is 1.77. The first-order chi connectivity index (χ1) is 9.22. The lowest BCUT2D eigenvalue weighted by Gasteiger charge is -2.23. The molecule has 3 nitrogen and oxygen atoms in total. The third-order valence-electron chi connectivity index (χ3n) is 3.33. The number of carbonyl (C=O) groups is 1. The van der Waals surface area contributed by atoms with Gasteiger partial charge in [0.05, 0.1) is 4.88 Å². The first-order valence-electron chi connectivity index (χ1n) is 6.43. The molecule has 2 heterocycles. The summed E-state index contributed by atoms with van der Waals surface area (Å²) in [6, 6.07) is 8.33. The van der Waals surface area contributed by atoms with Crippen LogP contribution in [0.3, 0.4) is 0 Å². The molecule has 0 bridgehead atoms. The van der Waals surface area contributed by atoms with Gasteiger partial charge in [0.1, 0.15) is 0 Å². The Kier molecular flexibility index (Phi) is 3.86. The summed E-state index contributed by atoms with van der Waals surface area (Å²) in [7, 11) is 0. The molecule has 1 aliphatic rings. The van der Waals surface area contributed by atoms with Crippen LogP contribution in [0.15, 0.2) is 28.7 Å². The van der Waals surface area contributed by atoms with E-state index < -0.39 is 0 Å². The number of nitrogens with one attached hydrogen (secondary N) is 2. The fourth-order valence-electron chi connectivity index (χ4n) is 2.36. The van der Waals surface area contributed by atoms with Crippen molar-refractivity contribution in [1.29, 1.82) is 0 Å². The largest absolute Gasteiger partial charge is 0.347 e. The van der Waals surface area contributed by atoms with Crippen molar-refractivity contribution in [3.63, 3.8) is 0 Å². The van der Waals surface area contributed by atoms with Gasteiger partial charge in [-0.15, -0.1) is 11.3 Å². The number of amides is 1. The van der Waals surface area contributed by atoms with Crippen LogP contribution in [0.4, 0.5) is 0 Å². The van der Waals surface area contributed by atoms with Gasteiger partial charge in [-0.3, -0.25) is 4.79 Å². The number of thiophene rings is 1. The standard InChI is InChI=1S/C14H15BrN2OS/c15-10-3-4-12-9(6-10)7-13(19-12)14(18)17-11-2-1-5-16-8-11/h3-4,6-7,11,16H,1-2,5,8H2,(H,17,18)/t11-/m1/s1. The molecule has 1 aromatic heterocycles. The van der Waals surface area contributed by atoms with E-state index in [1.807, 2.05) is 24.3 Å². The average molecular weight is 339 g/mol. The van der Waals surface area contributed by atoms with E-state index in [4.69, 9.17) is 0 Å². The molecule has 0 unspecified atom stereocenters. The first kappa shape index (κ1) is 13.1. The maximum absolute atomic E-state index is 12.2. The first-order valence-corrected chi connectivity index (χ1v) is 8.04. The van der Waals surface area contributed by atoms with Crippen molar-refractivity contribution in [2.24, 2.45) is 0 Å². The van der Waals surface area contributed by atoms with Gasteiger partial charge in [0.2, 0.25) is 0 Å². The van der Waals surface area contributed by atoms with Crippen molar-refractivity contribution < 1.29 is 4.79 Å². The number of rotatable bonds is 2. The van der Waals surface area contributed by atoms with E-state index in [2.05, 4.69) is 26.6 Å². The summed E-state index contributed by atoms with van der Waals surface area (Å²) in [6.07, 6.45) is 2.19. The van der Waals surface area contributed by atoms with Crippen LogP contribution in [-0.2, 0) is 0 Å². The molecule has 3 rings (SSSR count). The Hall–Kier alpha value is -0.910. The van der Waals surface area contributed by atoms with Gasteiger partial charge in [0.25, 0.3) is 5.91 Å². The Morgan fingerprint density at radius 1 is 1.42 bits per heavy atom. The van der Waals surface area contributed by atoms with Gasteiger partial charge in [-0.05, 0) is 49.0 Å². The molecule has 0 aliphatic carbocycles. The van der Waals surface area contributed by atoms with E-state index in [1.165, 1.54) is 0 Å². The number of fused-ring (bicyclic) bond motifs is 1. The van der Waals surface area contributed by atoms with Crippen LogP contribution in [-0.4, -0.2) is 25.0 Å². The maximum Gasteiger partial charge on any atom is 0.261 e. The van der Waals surface area contributed by atoms with E-state index in [-0.39, 0.29) is 11.9 Å². The third-order valence-corrected chi connectivity index (χ3v) is 4.94. The second kappa shape index (κ2) is 5.61. The van der Waals surface area contributed by atoms with Gasteiger partial charge in [-0.25, -0.2) is 0 Å². The number of piperidine rings is 1. The Morgan fingerprint density at radius 2 is 2.32 bits per heavy atom. The topological polar surface area (TPSA) is 41.1 Å². The molecule has 2 aromatic rings. The zero-order chi connectivity index (χ0) is 13.2. The molecule has 0 spiro atoms. The van der Waals surface area contributed by atoms with Crippen LogP contribution in [0.2, 0.25) is 0 Å². The van der Waals surface area contributed by atoms with E-state index in [1.54, 1.807) is 11.3 Å². The second-order valence-corrected chi connectivity index (χ2v) is 6.81. The van der Waals surface area contributed by atoms with Crippen molar-refractivity contribution >= 4 is 43.3 Å². The van der Waals surface area contributed by atoms with Crippen LogP contribution in [0.25, 0.3) is 10.1 Å². The summed E-state index contributed by atoms with van der Waals surface area (Å²) in [4.78, 5) is 13.0. The lowest BCUT2D eigenvalue weighted by Crippen LogP contribution is -2.45. The average Bonchev–Trinajstić information content (AvgIpc) is 2.83. The molecule has 1 amide bonds. The second-order valence-electron chi connectivity index (χ2n) is 4.81. The SMILES string of the molecule is O=C(N[C@@H]1CCCNC1)c1cc2cc(Br)ccc2s1. The maximum atomic E-state index is 12.2. The molecule has 0 radical (unpaired) electrons. The molecule has 1 saturated heterocycles. The van der Waals surface area contributed by atoms with Gasteiger partial charge >= 0.3 is 0 Å². The van der Waals surface area contributed by atoms with E-state index >= 15 is 0 Å². The van der Waals surface area contributed by atoms with E-state index in [0.29, 0.717) is 0 Å². The minimum Gasteiger partial charge on any atom is -0.347 e.